The smallest absolute Gasteiger partial charge is 0.259 e. The molecule has 1 N–H and O–H groups in total. The number of halogens is 3. The van der Waals surface area contributed by atoms with E-state index in [1.807, 2.05) is 0 Å². The van der Waals surface area contributed by atoms with Crippen LogP contribution in [-0.2, 0) is 0 Å². The topological polar surface area (TPSA) is 50.2 Å². The molecule has 3 rings (SSSR count). The third-order valence-corrected chi connectivity index (χ3v) is 3.29. The second-order valence-corrected chi connectivity index (χ2v) is 4.72. The fourth-order valence-corrected chi connectivity index (χ4v) is 2.26. The second kappa shape index (κ2) is 4.36. The molecule has 0 unspecified atom stereocenters. The predicted octanol–water partition coefficient (Wildman–Crippen LogP) is 3.14. The van der Waals surface area contributed by atoms with Gasteiger partial charge in [-0.05, 0) is 18.2 Å². The van der Waals surface area contributed by atoms with Crippen LogP contribution in [0.1, 0.15) is 0 Å². The highest BCUT2D eigenvalue weighted by molar-refractivity contribution is 6.33. The first-order valence-corrected chi connectivity index (χ1v) is 6.03. The number of benzene rings is 1. The van der Waals surface area contributed by atoms with Crippen molar-refractivity contribution < 1.29 is 4.39 Å². The quantitative estimate of drug-likeness (QED) is 0.750. The Balaban J connectivity index is 2.30. The lowest BCUT2D eigenvalue weighted by atomic mass is 10.1. The van der Waals surface area contributed by atoms with Crippen LogP contribution in [0, 0.1) is 5.82 Å². The summed E-state index contributed by atoms with van der Waals surface area (Å²) in [6.45, 7) is 0. The molecule has 7 heteroatoms. The summed E-state index contributed by atoms with van der Waals surface area (Å²) < 4.78 is 14.4. The minimum absolute atomic E-state index is 0.156. The maximum Gasteiger partial charge on any atom is 0.259 e. The second-order valence-electron chi connectivity index (χ2n) is 3.91. The predicted molar refractivity (Wildman–Crippen MR) is 71.2 cm³/mol. The van der Waals surface area contributed by atoms with E-state index in [-0.39, 0.29) is 16.1 Å². The molecule has 0 amide bonds. The standard InChI is InChI=1S/C12H6Cl2FN3O/c13-9-3-6(15)1-2-7(9)8-5-18-11(17-12(8)19)10(14)4-16-18/h1-5H,(H,17,19). The van der Waals surface area contributed by atoms with Crippen LogP contribution in [0.15, 0.2) is 35.4 Å². The van der Waals surface area contributed by atoms with E-state index in [1.165, 1.54) is 29.0 Å². The molecule has 4 nitrogen and oxygen atoms in total. The Morgan fingerprint density at radius 3 is 2.74 bits per heavy atom. The molecule has 0 radical (unpaired) electrons. The van der Waals surface area contributed by atoms with Crippen LogP contribution in [0.2, 0.25) is 10.0 Å². The van der Waals surface area contributed by atoms with Gasteiger partial charge in [0.25, 0.3) is 5.56 Å². The lowest BCUT2D eigenvalue weighted by Gasteiger charge is -2.04. The molecule has 0 spiro atoms. The Morgan fingerprint density at radius 1 is 1.21 bits per heavy atom. The summed E-state index contributed by atoms with van der Waals surface area (Å²) in [5, 5.41) is 4.49. The van der Waals surface area contributed by atoms with E-state index in [0.717, 1.165) is 6.07 Å². The zero-order valence-corrected chi connectivity index (χ0v) is 10.8. The molecule has 0 aliphatic carbocycles. The molecule has 96 valence electrons. The van der Waals surface area contributed by atoms with Gasteiger partial charge in [0.1, 0.15) is 10.8 Å². The highest BCUT2D eigenvalue weighted by Gasteiger charge is 2.12. The van der Waals surface area contributed by atoms with Crippen molar-refractivity contribution >= 4 is 28.8 Å². The Bertz CT molecular complexity index is 841. The average molecular weight is 298 g/mol. The Morgan fingerprint density at radius 2 is 2.00 bits per heavy atom. The third kappa shape index (κ3) is 2.01. The minimum Gasteiger partial charge on any atom is -0.305 e. The van der Waals surface area contributed by atoms with E-state index in [4.69, 9.17) is 23.2 Å². The molecule has 3 aromatic rings. The van der Waals surface area contributed by atoms with Crippen molar-refractivity contribution in [1.82, 2.24) is 14.6 Å². The van der Waals surface area contributed by atoms with Crippen LogP contribution in [0.3, 0.4) is 0 Å². The van der Waals surface area contributed by atoms with Gasteiger partial charge in [-0.1, -0.05) is 23.2 Å². The van der Waals surface area contributed by atoms with Crippen LogP contribution in [0.25, 0.3) is 16.8 Å². The maximum atomic E-state index is 13.0. The first-order chi connectivity index (χ1) is 9.06. The van der Waals surface area contributed by atoms with Crippen molar-refractivity contribution in [1.29, 1.82) is 0 Å². The van der Waals surface area contributed by atoms with Crippen molar-refractivity contribution in [3.8, 4) is 11.1 Å². The van der Waals surface area contributed by atoms with Crippen molar-refractivity contribution in [2.75, 3.05) is 0 Å². The SMILES string of the molecule is O=c1[nH]c2c(Cl)cnn2cc1-c1ccc(F)cc1Cl. The molecule has 0 fully saturated rings. The summed E-state index contributed by atoms with van der Waals surface area (Å²) >= 11 is 11.8. The Hall–Kier alpha value is -1.85. The number of aromatic nitrogens is 3. The van der Waals surface area contributed by atoms with Gasteiger partial charge in [0.05, 0.1) is 16.8 Å². The number of nitrogens with zero attached hydrogens (tertiary/aromatic N) is 2. The minimum atomic E-state index is -0.464. The van der Waals surface area contributed by atoms with E-state index in [0.29, 0.717) is 16.2 Å². The van der Waals surface area contributed by atoms with Gasteiger partial charge in [0, 0.05) is 11.8 Å². The molecule has 1 aromatic carbocycles. The zero-order valence-electron chi connectivity index (χ0n) is 9.32. The van der Waals surface area contributed by atoms with E-state index >= 15 is 0 Å². The lowest BCUT2D eigenvalue weighted by Crippen LogP contribution is -2.11. The summed E-state index contributed by atoms with van der Waals surface area (Å²) in [6, 6.07) is 3.83. The summed E-state index contributed by atoms with van der Waals surface area (Å²) in [6.07, 6.45) is 2.92. The maximum absolute atomic E-state index is 13.0. The van der Waals surface area contributed by atoms with E-state index < -0.39 is 5.82 Å². The van der Waals surface area contributed by atoms with Crippen LogP contribution in [0.5, 0.6) is 0 Å². The summed E-state index contributed by atoms with van der Waals surface area (Å²) in [5.74, 6) is -0.464. The van der Waals surface area contributed by atoms with Gasteiger partial charge in [-0.3, -0.25) is 4.79 Å². The van der Waals surface area contributed by atoms with E-state index in [1.54, 1.807) is 0 Å². The Labute approximate surface area is 116 Å². The molecular weight excluding hydrogens is 292 g/mol. The Kier molecular flexibility index (Phi) is 2.80. The lowest BCUT2D eigenvalue weighted by molar-refractivity contribution is 0.628. The first-order valence-electron chi connectivity index (χ1n) is 5.28. The number of aromatic amines is 1. The molecule has 0 saturated heterocycles. The van der Waals surface area contributed by atoms with Crippen LogP contribution < -0.4 is 5.56 Å². The molecule has 2 heterocycles. The van der Waals surface area contributed by atoms with Gasteiger partial charge in [-0.2, -0.15) is 5.10 Å². The van der Waals surface area contributed by atoms with Crippen LogP contribution >= 0.6 is 23.2 Å². The van der Waals surface area contributed by atoms with Crippen molar-refractivity contribution in [2.24, 2.45) is 0 Å². The molecule has 0 aliphatic rings. The van der Waals surface area contributed by atoms with Gasteiger partial charge >= 0.3 is 0 Å². The fourth-order valence-electron chi connectivity index (χ4n) is 1.81. The first kappa shape index (κ1) is 12.2. The molecule has 0 saturated carbocycles. The molecule has 0 bridgehead atoms. The van der Waals surface area contributed by atoms with Gasteiger partial charge in [-0.15, -0.1) is 0 Å². The average Bonchev–Trinajstić information content (AvgIpc) is 2.70. The van der Waals surface area contributed by atoms with Gasteiger partial charge in [0.2, 0.25) is 0 Å². The molecule has 19 heavy (non-hydrogen) atoms. The van der Waals surface area contributed by atoms with Crippen molar-refractivity contribution in [2.45, 2.75) is 0 Å². The van der Waals surface area contributed by atoms with Crippen LogP contribution in [-0.4, -0.2) is 14.6 Å². The monoisotopic (exact) mass is 297 g/mol. The molecular formula is C12H6Cl2FN3O. The summed E-state index contributed by atoms with van der Waals surface area (Å²) in [5.41, 5.74) is 0.743. The van der Waals surface area contributed by atoms with Gasteiger partial charge < -0.3 is 4.98 Å². The largest absolute Gasteiger partial charge is 0.305 e. The van der Waals surface area contributed by atoms with Gasteiger partial charge in [-0.25, -0.2) is 8.91 Å². The summed E-state index contributed by atoms with van der Waals surface area (Å²) in [7, 11) is 0. The number of fused-ring (bicyclic) bond motifs is 1. The van der Waals surface area contributed by atoms with Crippen molar-refractivity contribution in [3.63, 3.8) is 0 Å². The highest BCUT2D eigenvalue weighted by atomic mass is 35.5. The van der Waals surface area contributed by atoms with E-state index in [2.05, 4.69) is 10.1 Å². The number of nitrogens with one attached hydrogen (secondary N) is 1. The fraction of sp³-hybridized carbons (Fsp3) is 0. The molecule has 0 aliphatic heterocycles. The normalized spacial score (nSPS) is 11.1. The summed E-state index contributed by atoms with van der Waals surface area (Å²) in [4.78, 5) is 14.6. The molecule has 0 atom stereocenters. The number of H-pyrrole nitrogens is 1. The zero-order chi connectivity index (χ0) is 13.6. The highest BCUT2D eigenvalue weighted by Crippen LogP contribution is 2.26. The number of rotatable bonds is 1. The number of hydrogen-bond donors (Lipinski definition) is 1. The van der Waals surface area contributed by atoms with Crippen molar-refractivity contribution in [3.05, 3.63) is 56.8 Å². The van der Waals surface area contributed by atoms with Gasteiger partial charge in [0.15, 0.2) is 5.65 Å². The molecule has 2 aromatic heterocycles. The van der Waals surface area contributed by atoms with E-state index in [9.17, 15) is 9.18 Å². The van der Waals surface area contributed by atoms with Crippen LogP contribution in [0.4, 0.5) is 4.39 Å². The number of hydrogen-bond acceptors (Lipinski definition) is 2. The third-order valence-electron chi connectivity index (χ3n) is 2.70.